The summed E-state index contributed by atoms with van der Waals surface area (Å²) in [5.74, 6) is 0. The van der Waals surface area contributed by atoms with Gasteiger partial charge in [-0.2, -0.15) is 0 Å². The minimum Gasteiger partial charge on any atom is -0.354 e. The Morgan fingerprint density at radius 2 is 1.03 bits per heavy atom. The second-order valence-corrected chi connectivity index (χ2v) is 10.3. The predicted molar refractivity (Wildman–Crippen MR) is 156 cm³/mol. The fraction of sp³-hybridized carbons (Fsp3) is 0. The summed E-state index contributed by atoms with van der Waals surface area (Å²) in [6.07, 6.45) is 0. The van der Waals surface area contributed by atoms with Crippen molar-refractivity contribution in [2.45, 2.75) is 0 Å². The quantitative estimate of drug-likeness (QED) is 0.229. The number of H-pyrrole nitrogens is 1. The molecule has 10 aromatic rings. The van der Waals surface area contributed by atoms with Crippen LogP contribution in [0, 0.1) is 0 Å². The summed E-state index contributed by atoms with van der Waals surface area (Å²) in [4.78, 5) is 3.66. The van der Waals surface area contributed by atoms with Gasteiger partial charge in [-0.05, 0) is 41.8 Å². The van der Waals surface area contributed by atoms with Gasteiger partial charge in [-0.3, -0.25) is 0 Å². The van der Waals surface area contributed by atoms with E-state index in [-0.39, 0.29) is 0 Å². The molecule has 0 fully saturated rings. The molecule has 3 nitrogen and oxygen atoms in total. The molecule has 0 saturated carbocycles. The molecule has 4 aromatic heterocycles. The van der Waals surface area contributed by atoms with Crippen molar-refractivity contribution >= 4 is 87.2 Å². The number of para-hydroxylation sites is 4. The predicted octanol–water partition coefficient (Wildman–Crippen LogP) is 9.03. The number of fused-ring (bicyclic) bond motifs is 13. The molecule has 4 heterocycles. The zero-order valence-corrected chi connectivity index (χ0v) is 19.8. The minimum absolute atomic E-state index is 1.18. The maximum absolute atomic E-state index is 3.66. The summed E-state index contributed by atoms with van der Waals surface area (Å²) >= 11 is 0. The topological polar surface area (TPSA) is 24.6 Å². The van der Waals surface area contributed by atoms with E-state index in [1.165, 1.54) is 87.2 Å². The van der Waals surface area contributed by atoms with Gasteiger partial charge in [-0.15, -0.1) is 0 Å². The van der Waals surface area contributed by atoms with Crippen molar-refractivity contribution in [2.24, 2.45) is 0 Å². The van der Waals surface area contributed by atoms with Gasteiger partial charge >= 0.3 is 0 Å². The zero-order chi connectivity index (χ0) is 23.8. The van der Waals surface area contributed by atoms with E-state index >= 15 is 0 Å². The molecule has 0 aliphatic heterocycles. The van der Waals surface area contributed by atoms with E-state index < -0.39 is 0 Å². The van der Waals surface area contributed by atoms with Crippen molar-refractivity contribution in [3.63, 3.8) is 0 Å². The normalized spacial score (nSPS) is 12.9. The Labute approximate surface area is 210 Å². The highest BCUT2D eigenvalue weighted by Gasteiger charge is 2.22. The number of benzene rings is 6. The molecule has 0 atom stereocenters. The lowest BCUT2D eigenvalue weighted by Gasteiger charge is -2.04. The lowest BCUT2D eigenvalue weighted by Crippen LogP contribution is -1.87. The van der Waals surface area contributed by atoms with Crippen LogP contribution in [0.15, 0.2) is 109 Å². The van der Waals surface area contributed by atoms with E-state index in [2.05, 4.69) is 123 Å². The molecule has 3 heteroatoms. The van der Waals surface area contributed by atoms with Crippen LogP contribution in [-0.2, 0) is 0 Å². The summed E-state index contributed by atoms with van der Waals surface area (Å²) in [5.41, 5.74) is 9.90. The Hall–Kier alpha value is -5.02. The molecular formula is C34H19N3. The highest BCUT2D eigenvalue weighted by atomic mass is 15.0. The lowest BCUT2D eigenvalue weighted by molar-refractivity contribution is 1.31. The third-order valence-corrected chi connectivity index (χ3v) is 8.54. The van der Waals surface area contributed by atoms with Crippen LogP contribution in [0.5, 0.6) is 0 Å². The number of aromatic amines is 1. The van der Waals surface area contributed by atoms with Gasteiger partial charge in [0.15, 0.2) is 0 Å². The van der Waals surface area contributed by atoms with Crippen LogP contribution in [0.2, 0.25) is 0 Å². The molecule has 0 aliphatic carbocycles. The van der Waals surface area contributed by atoms with Gasteiger partial charge in [-0.25, -0.2) is 0 Å². The first kappa shape index (κ1) is 18.3. The number of aromatic nitrogens is 3. The highest BCUT2D eigenvalue weighted by molar-refractivity contribution is 6.34. The number of nitrogens with one attached hydrogen (secondary N) is 1. The van der Waals surface area contributed by atoms with Crippen molar-refractivity contribution in [1.29, 1.82) is 0 Å². The number of hydrogen-bond acceptors (Lipinski definition) is 0. The lowest BCUT2D eigenvalue weighted by atomic mass is 10.0. The van der Waals surface area contributed by atoms with E-state index in [1.807, 2.05) is 0 Å². The molecular weight excluding hydrogens is 450 g/mol. The van der Waals surface area contributed by atoms with Crippen LogP contribution < -0.4 is 0 Å². The summed E-state index contributed by atoms with van der Waals surface area (Å²) in [7, 11) is 0. The Morgan fingerprint density at radius 3 is 1.86 bits per heavy atom. The fourth-order valence-electron chi connectivity index (χ4n) is 7.13. The van der Waals surface area contributed by atoms with Gasteiger partial charge in [0.25, 0.3) is 0 Å². The Morgan fingerprint density at radius 1 is 0.378 bits per heavy atom. The summed E-state index contributed by atoms with van der Waals surface area (Å²) in [6.45, 7) is 0. The Bertz CT molecular complexity index is 2570. The second kappa shape index (κ2) is 6.03. The van der Waals surface area contributed by atoms with Crippen molar-refractivity contribution in [3.05, 3.63) is 109 Å². The molecule has 0 bridgehead atoms. The molecule has 0 aliphatic rings. The summed E-state index contributed by atoms with van der Waals surface area (Å²) < 4.78 is 5.01. The summed E-state index contributed by atoms with van der Waals surface area (Å²) in [5, 5.41) is 10.4. The monoisotopic (exact) mass is 469 g/mol. The van der Waals surface area contributed by atoms with Crippen molar-refractivity contribution < 1.29 is 0 Å². The van der Waals surface area contributed by atoms with Crippen LogP contribution in [0.1, 0.15) is 0 Å². The Balaban J connectivity index is 1.66. The second-order valence-electron chi connectivity index (χ2n) is 10.3. The molecule has 0 amide bonds. The standard InChI is InChI=1S/C34H19N3/c1-3-9-24-22(8-1)31-25(35-24)17-18-29-32(31)23-16-14-19-13-15-21-20-7-2-4-10-26(20)36-27-11-5-6-12-28(27)37(29)34(23)30(19)33(21)36/h1-18,35H. The molecule has 1 N–H and O–H groups in total. The molecule has 170 valence electrons. The first-order chi connectivity index (χ1) is 18.4. The highest BCUT2D eigenvalue weighted by Crippen LogP contribution is 2.45. The smallest absolute Gasteiger partial charge is 0.0703 e. The van der Waals surface area contributed by atoms with Gasteiger partial charge in [0, 0.05) is 48.7 Å². The number of rotatable bonds is 0. The van der Waals surface area contributed by atoms with Crippen molar-refractivity contribution in [1.82, 2.24) is 13.8 Å². The molecule has 0 unspecified atom stereocenters. The third-order valence-electron chi connectivity index (χ3n) is 8.54. The maximum Gasteiger partial charge on any atom is 0.0703 e. The maximum atomic E-state index is 3.66. The number of nitrogens with zero attached hydrogens (tertiary/aromatic N) is 2. The first-order valence-corrected chi connectivity index (χ1v) is 12.8. The Kier molecular flexibility index (Phi) is 2.98. The minimum atomic E-state index is 1.18. The van der Waals surface area contributed by atoms with E-state index in [0.717, 1.165) is 0 Å². The average Bonchev–Trinajstić information content (AvgIpc) is 3.57. The third kappa shape index (κ3) is 1.97. The molecule has 0 radical (unpaired) electrons. The van der Waals surface area contributed by atoms with Crippen LogP contribution in [-0.4, -0.2) is 13.8 Å². The SMILES string of the molecule is c1ccc2c(c1)[nH]c1ccc3c(c4ccc5ccc6c7ccccc7n7c8ccccc8n3c4c5c67)c12. The molecule has 10 rings (SSSR count). The van der Waals surface area contributed by atoms with Crippen LogP contribution in [0.4, 0.5) is 0 Å². The molecule has 0 spiro atoms. The van der Waals surface area contributed by atoms with Gasteiger partial charge in [0.05, 0.1) is 33.1 Å². The van der Waals surface area contributed by atoms with Gasteiger partial charge in [0.1, 0.15) is 0 Å². The molecule has 37 heavy (non-hydrogen) atoms. The van der Waals surface area contributed by atoms with Crippen LogP contribution >= 0.6 is 0 Å². The van der Waals surface area contributed by atoms with Gasteiger partial charge in [-0.1, -0.05) is 72.8 Å². The number of hydrogen-bond donors (Lipinski definition) is 1. The van der Waals surface area contributed by atoms with Gasteiger partial charge in [0.2, 0.25) is 0 Å². The van der Waals surface area contributed by atoms with E-state index in [9.17, 15) is 0 Å². The van der Waals surface area contributed by atoms with Gasteiger partial charge < -0.3 is 13.8 Å². The summed E-state index contributed by atoms with van der Waals surface area (Å²) in [6, 6.07) is 40.2. The van der Waals surface area contributed by atoms with E-state index in [4.69, 9.17) is 0 Å². The van der Waals surface area contributed by atoms with Crippen LogP contribution in [0.25, 0.3) is 87.2 Å². The molecule has 0 saturated heterocycles. The van der Waals surface area contributed by atoms with Crippen molar-refractivity contribution in [3.8, 4) is 0 Å². The first-order valence-electron chi connectivity index (χ1n) is 12.8. The average molecular weight is 470 g/mol. The van der Waals surface area contributed by atoms with Crippen LogP contribution in [0.3, 0.4) is 0 Å². The van der Waals surface area contributed by atoms with Crippen molar-refractivity contribution in [2.75, 3.05) is 0 Å². The van der Waals surface area contributed by atoms with E-state index in [1.54, 1.807) is 0 Å². The van der Waals surface area contributed by atoms with E-state index in [0.29, 0.717) is 0 Å². The largest absolute Gasteiger partial charge is 0.354 e. The molecule has 6 aromatic carbocycles. The zero-order valence-electron chi connectivity index (χ0n) is 19.8. The fourth-order valence-corrected chi connectivity index (χ4v) is 7.13.